The van der Waals surface area contributed by atoms with E-state index in [4.69, 9.17) is 0 Å². The van der Waals surface area contributed by atoms with Crippen molar-refractivity contribution in [3.63, 3.8) is 0 Å². The van der Waals surface area contributed by atoms with E-state index < -0.39 is 0 Å². The Morgan fingerprint density at radius 1 is 0.457 bits per heavy atom. The van der Waals surface area contributed by atoms with E-state index in [1.54, 1.807) is 0 Å². The highest BCUT2D eigenvalue weighted by Gasteiger charge is 2.28. The lowest BCUT2D eigenvalue weighted by Crippen LogP contribution is -2.10. The van der Waals surface area contributed by atoms with E-state index in [0.717, 1.165) is 6.42 Å². The first-order valence-corrected chi connectivity index (χ1v) is 16.3. The molecule has 0 aromatic heterocycles. The van der Waals surface area contributed by atoms with E-state index in [2.05, 4.69) is 164 Å². The number of allylic oxidation sites excluding steroid dienone is 3. The zero-order valence-corrected chi connectivity index (χ0v) is 25.4. The summed E-state index contributed by atoms with van der Waals surface area (Å²) in [4.78, 5) is 0. The minimum Gasteiger partial charge on any atom is -0.0832 e. The van der Waals surface area contributed by atoms with Gasteiger partial charge in [0.05, 0.1) is 0 Å². The monoisotopic (exact) mass is 582 g/mol. The van der Waals surface area contributed by atoms with Crippen LogP contribution in [0.1, 0.15) is 22.6 Å². The Morgan fingerprint density at radius 2 is 1.11 bits per heavy atom. The first-order chi connectivity index (χ1) is 22.8. The molecule has 0 radical (unpaired) electrons. The van der Waals surface area contributed by atoms with Crippen LogP contribution in [0.4, 0.5) is 0 Å². The minimum absolute atomic E-state index is 0.291. The van der Waals surface area contributed by atoms with Crippen LogP contribution in [0.2, 0.25) is 0 Å². The SMILES string of the molecule is C1=CC2C=Cc3c(-c4ccccc4)ccc4cc(-c5c6ccccc6c(-c6ccc7ccccc7c6)c6ccccc56)c(c2c34)C1. The van der Waals surface area contributed by atoms with Gasteiger partial charge in [-0.2, -0.15) is 0 Å². The average Bonchev–Trinajstić information content (AvgIpc) is 3.13. The third kappa shape index (κ3) is 3.68. The molecule has 0 amide bonds. The van der Waals surface area contributed by atoms with Crippen molar-refractivity contribution in [1.82, 2.24) is 0 Å². The van der Waals surface area contributed by atoms with Gasteiger partial charge in [-0.3, -0.25) is 0 Å². The topological polar surface area (TPSA) is 0 Å². The van der Waals surface area contributed by atoms with Crippen molar-refractivity contribution in [3.8, 4) is 33.4 Å². The van der Waals surface area contributed by atoms with Gasteiger partial charge < -0.3 is 0 Å². The summed E-state index contributed by atoms with van der Waals surface area (Å²) in [5.41, 5.74) is 12.2. The van der Waals surface area contributed by atoms with E-state index in [1.165, 1.54) is 93.2 Å². The molecule has 10 rings (SSSR count). The minimum atomic E-state index is 0.291. The quantitative estimate of drug-likeness (QED) is 0.144. The molecule has 8 aromatic rings. The molecule has 214 valence electrons. The second-order valence-corrected chi connectivity index (χ2v) is 12.7. The molecule has 2 aliphatic rings. The standard InChI is InChI=1S/C46H30/c1-2-12-30(13-3-1)35-25-24-34-28-42(40-20-10-15-31-23-26-41(35)45(34)44(31)40)46-38-18-8-6-16-36(38)43(37-17-7-9-19-39(37)46)33-22-21-29-11-4-5-14-32(29)27-33/h1-19,21-28,31H,20H2. The number of fused-ring (bicyclic) bond motifs is 3. The van der Waals surface area contributed by atoms with Crippen molar-refractivity contribution in [3.05, 3.63) is 174 Å². The fraction of sp³-hybridized carbons (Fsp3) is 0.0435. The van der Waals surface area contributed by atoms with Gasteiger partial charge in [0.25, 0.3) is 0 Å². The van der Waals surface area contributed by atoms with Crippen molar-refractivity contribution >= 4 is 49.2 Å². The third-order valence-electron chi connectivity index (χ3n) is 10.3. The second kappa shape index (κ2) is 9.89. The number of hydrogen-bond acceptors (Lipinski definition) is 0. The Balaban J connectivity index is 1.31. The van der Waals surface area contributed by atoms with Gasteiger partial charge in [0, 0.05) is 5.92 Å². The molecule has 0 saturated carbocycles. The molecule has 46 heavy (non-hydrogen) atoms. The zero-order valence-electron chi connectivity index (χ0n) is 25.4. The van der Waals surface area contributed by atoms with Crippen LogP contribution in [-0.4, -0.2) is 0 Å². The third-order valence-corrected chi connectivity index (χ3v) is 10.3. The Morgan fingerprint density at radius 3 is 1.87 bits per heavy atom. The van der Waals surface area contributed by atoms with E-state index in [-0.39, 0.29) is 0 Å². The summed E-state index contributed by atoms with van der Waals surface area (Å²) in [7, 11) is 0. The van der Waals surface area contributed by atoms with E-state index in [1.807, 2.05) is 0 Å². The maximum absolute atomic E-state index is 2.49. The molecule has 1 atom stereocenters. The van der Waals surface area contributed by atoms with Crippen molar-refractivity contribution in [2.24, 2.45) is 0 Å². The zero-order chi connectivity index (χ0) is 30.2. The van der Waals surface area contributed by atoms with Gasteiger partial charge in [0.15, 0.2) is 0 Å². The second-order valence-electron chi connectivity index (χ2n) is 12.7. The molecular weight excluding hydrogens is 553 g/mol. The van der Waals surface area contributed by atoms with Crippen molar-refractivity contribution in [2.75, 3.05) is 0 Å². The summed E-state index contributed by atoms with van der Waals surface area (Å²) in [5, 5.41) is 10.5. The van der Waals surface area contributed by atoms with E-state index in [9.17, 15) is 0 Å². The maximum Gasteiger partial charge on any atom is 0.0211 e. The Bertz CT molecular complexity index is 2540. The summed E-state index contributed by atoms with van der Waals surface area (Å²) < 4.78 is 0. The molecule has 0 fully saturated rings. The van der Waals surface area contributed by atoms with E-state index >= 15 is 0 Å². The number of rotatable bonds is 3. The van der Waals surface area contributed by atoms with Crippen molar-refractivity contribution in [2.45, 2.75) is 12.3 Å². The largest absolute Gasteiger partial charge is 0.0832 e. The Kier molecular flexibility index (Phi) is 5.50. The highest BCUT2D eigenvalue weighted by atomic mass is 14.3. The lowest BCUT2D eigenvalue weighted by atomic mass is 9.74. The van der Waals surface area contributed by atoms with Crippen LogP contribution in [0, 0.1) is 0 Å². The van der Waals surface area contributed by atoms with E-state index in [0.29, 0.717) is 5.92 Å². The van der Waals surface area contributed by atoms with Crippen LogP contribution in [0.25, 0.3) is 82.5 Å². The van der Waals surface area contributed by atoms with Gasteiger partial charge >= 0.3 is 0 Å². The molecule has 2 aliphatic carbocycles. The summed E-state index contributed by atoms with van der Waals surface area (Å²) in [6.45, 7) is 0. The molecule has 0 bridgehead atoms. The van der Waals surface area contributed by atoms with Gasteiger partial charge in [-0.25, -0.2) is 0 Å². The summed E-state index contributed by atoms with van der Waals surface area (Å²) in [5.74, 6) is 0.291. The Labute approximate surface area is 268 Å². The smallest absolute Gasteiger partial charge is 0.0211 e. The van der Waals surface area contributed by atoms with Crippen molar-refractivity contribution < 1.29 is 0 Å². The van der Waals surface area contributed by atoms with Gasteiger partial charge in [0.2, 0.25) is 0 Å². The predicted octanol–water partition coefficient (Wildman–Crippen LogP) is 12.5. The molecule has 0 spiro atoms. The summed E-state index contributed by atoms with van der Waals surface area (Å²) in [6, 6.07) is 51.7. The van der Waals surface area contributed by atoms with Crippen LogP contribution in [0.5, 0.6) is 0 Å². The van der Waals surface area contributed by atoms with Crippen LogP contribution in [-0.2, 0) is 6.42 Å². The van der Waals surface area contributed by atoms with Crippen LogP contribution in [0.15, 0.2) is 158 Å². The molecule has 8 aromatic carbocycles. The molecular formula is C46H30. The van der Waals surface area contributed by atoms with Crippen LogP contribution < -0.4 is 0 Å². The molecule has 0 aliphatic heterocycles. The van der Waals surface area contributed by atoms with Crippen molar-refractivity contribution in [1.29, 1.82) is 0 Å². The van der Waals surface area contributed by atoms with Crippen LogP contribution in [0.3, 0.4) is 0 Å². The predicted molar refractivity (Wildman–Crippen MR) is 197 cm³/mol. The molecule has 0 nitrogen and oxygen atoms in total. The summed E-state index contributed by atoms with van der Waals surface area (Å²) in [6.07, 6.45) is 10.5. The fourth-order valence-electron chi connectivity index (χ4n) is 8.31. The maximum atomic E-state index is 2.49. The van der Waals surface area contributed by atoms with Gasteiger partial charge in [-0.05, 0) is 112 Å². The Hall–Kier alpha value is -5.72. The van der Waals surface area contributed by atoms with Gasteiger partial charge in [0.1, 0.15) is 0 Å². The number of benzene rings is 8. The normalized spacial score (nSPS) is 14.9. The molecule has 0 N–H and O–H groups in total. The fourth-order valence-corrected chi connectivity index (χ4v) is 8.31. The highest BCUT2D eigenvalue weighted by molar-refractivity contribution is 6.23. The average molecular weight is 583 g/mol. The highest BCUT2D eigenvalue weighted by Crippen LogP contribution is 2.50. The molecule has 0 heterocycles. The number of hydrogen-bond donors (Lipinski definition) is 0. The van der Waals surface area contributed by atoms with Crippen LogP contribution >= 0.6 is 0 Å². The molecule has 0 saturated heterocycles. The first kappa shape index (κ1) is 25.6. The first-order valence-electron chi connectivity index (χ1n) is 16.3. The van der Waals surface area contributed by atoms with Gasteiger partial charge in [-0.1, -0.05) is 152 Å². The summed E-state index contributed by atoms with van der Waals surface area (Å²) >= 11 is 0. The molecule has 1 unspecified atom stereocenters. The molecule has 0 heteroatoms. The lowest BCUT2D eigenvalue weighted by molar-refractivity contribution is 1.00. The van der Waals surface area contributed by atoms with Gasteiger partial charge in [-0.15, -0.1) is 0 Å². The lowest BCUT2D eigenvalue weighted by Gasteiger charge is -2.29.